The number of aryl methyl sites for hydroxylation is 1. The molecule has 8 nitrogen and oxygen atoms in total. The number of nitrogens with one attached hydrogen (secondary N) is 2. The Balaban J connectivity index is 0.000000458. The maximum Gasteiger partial charge on any atom is 0.318 e. The Morgan fingerprint density at radius 3 is 2.43 bits per heavy atom. The quantitative estimate of drug-likeness (QED) is 0.107. The predicted molar refractivity (Wildman–Crippen MR) is 184 cm³/mol. The van der Waals surface area contributed by atoms with Crippen LogP contribution in [0, 0.1) is 30.3 Å². The van der Waals surface area contributed by atoms with E-state index in [1.54, 1.807) is 0 Å². The maximum atomic E-state index is 16.0. The van der Waals surface area contributed by atoms with E-state index in [1.807, 2.05) is 20.8 Å². The number of pyridine rings is 1. The highest BCUT2D eigenvalue weighted by Crippen LogP contribution is 2.41. The zero-order valence-corrected chi connectivity index (χ0v) is 29.4. The van der Waals surface area contributed by atoms with Gasteiger partial charge in [-0.1, -0.05) is 52.6 Å². The highest BCUT2D eigenvalue weighted by Gasteiger charge is 2.34. The number of nitrogen functional groups attached to an aromatic ring is 1. The summed E-state index contributed by atoms with van der Waals surface area (Å²) >= 11 is 6.26. The van der Waals surface area contributed by atoms with Crippen LogP contribution in [0.25, 0.3) is 22.2 Å². The molecule has 4 N–H and O–H groups in total. The van der Waals surface area contributed by atoms with Gasteiger partial charge in [0.2, 0.25) is 0 Å². The van der Waals surface area contributed by atoms with Gasteiger partial charge in [-0.25, -0.2) is 22.5 Å². The zero-order chi connectivity index (χ0) is 34.8. The third-order valence-corrected chi connectivity index (χ3v) is 8.74. The Kier molecular flexibility index (Phi) is 14.7. The highest BCUT2D eigenvalue weighted by atomic mass is 35.5. The van der Waals surface area contributed by atoms with E-state index in [1.165, 1.54) is 26.9 Å². The lowest BCUT2D eigenvalue weighted by molar-refractivity contribution is 0.292. The van der Waals surface area contributed by atoms with E-state index in [2.05, 4.69) is 44.3 Å². The van der Waals surface area contributed by atoms with Crippen LogP contribution in [0.1, 0.15) is 78.0 Å². The molecule has 2 fully saturated rings. The van der Waals surface area contributed by atoms with E-state index in [4.69, 9.17) is 22.1 Å². The lowest BCUT2D eigenvalue weighted by atomic mass is 10.0. The number of nitrogens with zero attached hydrogens (tertiary/aromatic N) is 4. The number of anilines is 2. The molecule has 0 radical (unpaired) electrons. The smallest absolute Gasteiger partial charge is 0.318 e. The zero-order valence-electron chi connectivity index (χ0n) is 28.7. The van der Waals surface area contributed by atoms with Crippen molar-refractivity contribution in [2.45, 2.75) is 92.3 Å². The third kappa shape index (κ3) is 9.14. The number of alkyl halides is 1. The molecule has 2 aliphatic rings. The van der Waals surface area contributed by atoms with E-state index < -0.39 is 40.6 Å². The van der Waals surface area contributed by atoms with Gasteiger partial charge >= 0.3 is 6.01 Å². The van der Waals surface area contributed by atoms with Crippen LogP contribution < -0.4 is 21.1 Å². The number of aromatic nitrogens is 3. The van der Waals surface area contributed by atoms with Gasteiger partial charge in [0.1, 0.15) is 28.9 Å². The van der Waals surface area contributed by atoms with E-state index in [0.29, 0.717) is 61.3 Å². The average molecular weight is 684 g/mol. The fourth-order valence-electron chi connectivity index (χ4n) is 5.86. The standard InChI is InChI=1S/C25H32ClF3N6O.C7H12FN.C2H6/c1-6-7-14-15-22(34-25(36-5)35-24(15)32-11-10-31-9-8-12(2)3)20(29)23(33-14)16-17(26)13(4)18(27)21(30)19(16)28;8-6-4-7-2-1-3-9(7)5-6;1-2/h12,31H,6-11,30H2,1-5H3,(H,32,34,35);6-7H,1-5H2;1-2H3. The van der Waals surface area contributed by atoms with Gasteiger partial charge < -0.3 is 21.1 Å². The Morgan fingerprint density at radius 2 is 1.79 bits per heavy atom. The first-order valence-electron chi connectivity index (χ1n) is 16.7. The van der Waals surface area contributed by atoms with Gasteiger partial charge in [-0.15, -0.1) is 0 Å². The van der Waals surface area contributed by atoms with Gasteiger partial charge in [0.15, 0.2) is 17.5 Å². The third-order valence-electron chi connectivity index (χ3n) is 8.27. The van der Waals surface area contributed by atoms with Gasteiger partial charge in [0, 0.05) is 31.2 Å². The normalized spacial score (nSPS) is 17.3. The van der Waals surface area contributed by atoms with Crippen molar-refractivity contribution in [1.29, 1.82) is 0 Å². The molecule has 4 heterocycles. The van der Waals surface area contributed by atoms with Crippen molar-refractivity contribution in [2.24, 2.45) is 5.92 Å². The number of benzene rings is 1. The van der Waals surface area contributed by atoms with Crippen molar-refractivity contribution in [2.75, 3.05) is 50.9 Å². The number of methoxy groups -OCH3 is 1. The molecular weight excluding hydrogens is 634 g/mol. The summed E-state index contributed by atoms with van der Waals surface area (Å²) in [5.74, 6) is -2.16. The Bertz CT molecular complexity index is 1450. The molecule has 0 amide bonds. The fourth-order valence-corrected chi connectivity index (χ4v) is 6.12. The van der Waals surface area contributed by atoms with E-state index >= 15 is 8.78 Å². The Labute approximate surface area is 281 Å². The number of rotatable bonds is 11. The summed E-state index contributed by atoms with van der Waals surface area (Å²) in [5, 5.41) is 6.62. The van der Waals surface area contributed by atoms with Crippen LogP contribution in [-0.4, -0.2) is 71.9 Å². The van der Waals surface area contributed by atoms with Crippen molar-refractivity contribution in [1.82, 2.24) is 25.2 Å². The summed E-state index contributed by atoms with van der Waals surface area (Å²) in [6.07, 6.45) is 4.95. The number of ether oxygens (including phenoxy) is 1. The van der Waals surface area contributed by atoms with Crippen molar-refractivity contribution in [3.63, 3.8) is 0 Å². The van der Waals surface area contributed by atoms with Crippen molar-refractivity contribution in [3.8, 4) is 17.3 Å². The minimum absolute atomic E-state index is 0.0716. The average Bonchev–Trinajstić information content (AvgIpc) is 3.64. The van der Waals surface area contributed by atoms with Crippen molar-refractivity contribution in [3.05, 3.63) is 33.7 Å². The SMILES string of the molecule is CC.CCCc1nc(-c2c(F)c(N)c(F)c(C)c2Cl)c(F)c2nc(OC)nc(NCCNCCC(C)C)c12.FC1CC2CCCN2C1. The van der Waals surface area contributed by atoms with Gasteiger partial charge in [0.05, 0.1) is 28.8 Å². The molecule has 2 saturated heterocycles. The van der Waals surface area contributed by atoms with Crippen molar-refractivity contribution >= 4 is 34.0 Å². The predicted octanol–water partition coefficient (Wildman–Crippen LogP) is 7.88. The summed E-state index contributed by atoms with van der Waals surface area (Å²) in [5.41, 5.74) is 4.28. The summed E-state index contributed by atoms with van der Waals surface area (Å²) in [7, 11) is 1.37. The van der Waals surface area contributed by atoms with Crippen LogP contribution >= 0.6 is 11.6 Å². The highest BCUT2D eigenvalue weighted by molar-refractivity contribution is 6.34. The minimum atomic E-state index is -1.18. The molecule has 47 heavy (non-hydrogen) atoms. The lowest BCUT2D eigenvalue weighted by Crippen LogP contribution is -2.24. The first-order valence-corrected chi connectivity index (χ1v) is 17.1. The molecule has 0 spiro atoms. The minimum Gasteiger partial charge on any atom is -0.467 e. The number of hydrogen-bond donors (Lipinski definition) is 3. The fraction of sp³-hybridized carbons (Fsp3) is 0.618. The monoisotopic (exact) mass is 683 g/mol. The van der Waals surface area contributed by atoms with Gasteiger partial charge in [-0.2, -0.15) is 9.97 Å². The molecule has 0 bridgehead atoms. The van der Waals surface area contributed by atoms with Gasteiger partial charge in [0.25, 0.3) is 0 Å². The molecule has 13 heteroatoms. The van der Waals surface area contributed by atoms with Gasteiger partial charge in [-0.3, -0.25) is 4.90 Å². The molecule has 5 rings (SSSR count). The first-order chi connectivity index (χ1) is 22.5. The summed E-state index contributed by atoms with van der Waals surface area (Å²) in [6.45, 7) is 15.5. The van der Waals surface area contributed by atoms with Crippen LogP contribution in [0.2, 0.25) is 5.02 Å². The van der Waals surface area contributed by atoms with Gasteiger partial charge in [-0.05, 0) is 58.0 Å². The molecule has 3 aromatic rings. The topological polar surface area (TPSA) is 101 Å². The van der Waals surface area contributed by atoms with Crippen molar-refractivity contribution < 1.29 is 22.3 Å². The molecule has 2 atom stereocenters. The van der Waals surface area contributed by atoms with E-state index in [9.17, 15) is 8.78 Å². The molecule has 2 aromatic heterocycles. The first kappa shape index (κ1) is 38.5. The Morgan fingerprint density at radius 1 is 1.06 bits per heavy atom. The number of hydrogen-bond acceptors (Lipinski definition) is 8. The molecule has 262 valence electrons. The van der Waals surface area contributed by atoms with Crippen LogP contribution in [0.3, 0.4) is 0 Å². The molecule has 0 saturated carbocycles. The summed E-state index contributed by atoms with van der Waals surface area (Å²) in [4.78, 5) is 15.3. The molecule has 2 unspecified atom stereocenters. The van der Waals surface area contributed by atoms with E-state index in [-0.39, 0.29) is 22.1 Å². The number of fused-ring (bicyclic) bond motifs is 2. The molecular formula is C34H50ClF4N7O. The maximum absolute atomic E-state index is 16.0. The number of halogens is 5. The number of nitrogens with two attached hydrogens (primary N) is 1. The molecule has 1 aromatic carbocycles. The summed E-state index contributed by atoms with van der Waals surface area (Å²) < 4.78 is 63.1. The Hall–Kier alpha value is -2.96. The molecule has 2 aliphatic heterocycles. The van der Waals surface area contributed by atoms with Crippen LogP contribution in [0.4, 0.5) is 29.1 Å². The second-order valence-corrected chi connectivity index (χ2v) is 12.5. The van der Waals surface area contributed by atoms with Crippen LogP contribution in [-0.2, 0) is 6.42 Å². The summed E-state index contributed by atoms with van der Waals surface area (Å²) in [6, 6.07) is 0.539. The van der Waals surface area contributed by atoms with Crippen LogP contribution in [0.15, 0.2) is 0 Å². The second kappa shape index (κ2) is 18.0. The molecule has 0 aliphatic carbocycles. The van der Waals surface area contributed by atoms with Crippen LogP contribution in [0.5, 0.6) is 6.01 Å². The van der Waals surface area contributed by atoms with E-state index in [0.717, 1.165) is 25.9 Å². The largest absolute Gasteiger partial charge is 0.467 e. The second-order valence-electron chi connectivity index (χ2n) is 12.1. The lowest BCUT2D eigenvalue weighted by Gasteiger charge is -2.17.